The summed E-state index contributed by atoms with van der Waals surface area (Å²) in [6.45, 7) is 2.04. The molecule has 1 aliphatic rings. The zero-order chi connectivity index (χ0) is 28.9. The van der Waals surface area contributed by atoms with Crippen molar-refractivity contribution in [3.05, 3.63) is 114 Å². The lowest BCUT2D eigenvalue weighted by molar-refractivity contribution is -0.123. The van der Waals surface area contributed by atoms with Gasteiger partial charge in [0.05, 0.1) is 37.4 Å². The number of morpholine rings is 1. The minimum atomic E-state index is -3.75. The van der Waals surface area contributed by atoms with Crippen molar-refractivity contribution in [3.8, 4) is 0 Å². The van der Waals surface area contributed by atoms with Gasteiger partial charge in [0, 0.05) is 24.9 Å². The molecule has 2 atom stereocenters. The molecule has 0 bridgehead atoms. The van der Waals surface area contributed by atoms with Crippen LogP contribution in [-0.4, -0.2) is 70.2 Å². The smallest absolute Gasteiger partial charge is 0.318 e. The predicted molar refractivity (Wildman–Crippen MR) is 156 cm³/mol. The Labute approximate surface area is 241 Å². The van der Waals surface area contributed by atoms with Gasteiger partial charge in [-0.15, -0.1) is 0 Å². The third kappa shape index (κ3) is 9.56. The molecule has 0 aromatic heterocycles. The molecule has 10 heteroatoms. The van der Waals surface area contributed by atoms with Crippen LogP contribution in [0.15, 0.2) is 107 Å². The molecule has 3 aromatic rings. The van der Waals surface area contributed by atoms with E-state index in [1.807, 2.05) is 60.7 Å². The third-order valence-electron chi connectivity index (χ3n) is 6.49. The molecule has 1 fully saturated rings. The topological polar surface area (TPSA) is 114 Å². The highest BCUT2D eigenvalue weighted by Crippen LogP contribution is 2.12. The summed E-state index contributed by atoms with van der Waals surface area (Å²) in [7, 11) is -3.75. The molecule has 4 rings (SSSR count). The second kappa shape index (κ2) is 15.1. The lowest BCUT2D eigenvalue weighted by atomic mass is 10.0. The van der Waals surface area contributed by atoms with E-state index in [2.05, 4.69) is 10.6 Å². The molecular weight excluding hydrogens is 542 g/mol. The molecule has 1 saturated heterocycles. The van der Waals surface area contributed by atoms with Crippen LogP contribution in [0.3, 0.4) is 0 Å². The molecule has 9 nitrogen and oxygen atoms in total. The SMILES string of the molecule is O=C(N[C@@H](/C=C/S(=O)(=O)c1ccccc1)COCc1ccccc1)C(Cc1ccccc1)NC(=O)N1CCOCC1. The fourth-order valence-corrected chi connectivity index (χ4v) is 5.35. The normalized spacial score (nSPS) is 15.3. The highest BCUT2D eigenvalue weighted by Gasteiger charge is 2.26. The van der Waals surface area contributed by atoms with Gasteiger partial charge in [-0.2, -0.15) is 0 Å². The first-order valence-electron chi connectivity index (χ1n) is 13.5. The Bertz CT molecular complexity index is 1380. The van der Waals surface area contributed by atoms with Gasteiger partial charge in [-0.25, -0.2) is 13.2 Å². The highest BCUT2D eigenvalue weighted by molar-refractivity contribution is 7.94. The molecule has 0 aliphatic carbocycles. The Balaban J connectivity index is 1.50. The summed E-state index contributed by atoms with van der Waals surface area (Å²) in [4.78, 5) is 28.3. The number of amides is 3. The Morgan fingerprint density at radius 3 is 2.07 bits per heavy atom. The fraction of sp³-hybridized carbons (Fsp3) is 0.290. The van der Waals surface area contributed by atoms with Gasteiger partial charge < -0.3 is 25.0 Å². The number of sulfone groups is 1. The van der Waals surface area contributed by atoms with Crippen molar-refractivity contribution in [2.75, 3.05) is 32.9 Å². The van der Waals surface area contributed by atoms with Gasteiger partial charge in [-0.1, -0.05) is 78.9 Å². The first-order chi connectivity index (χ1) is 19.9. The second-order valence-corrected chi connectivity index (χ2v) is 11.4. The fourth-order valence-electron chi connectivity index (χ4n) is 4.26. The van der Waals surface area contributed by atoms with E-state index in [0.29, 0.717) is 26.3 Å². The number of carbonyl (C=O) groups excluding carboxylic acids is 2. The van der Waals surface area contributed by atoms with E-state index in [1.54, 1.807) is 23.1 Å². The van der Waals surface area contributed by atoms with E-state index >= 15 is 0 Å². The number of hydrogen-bond donors (Lipinski definition) is 2. The van der Waals surface area contributed by atoms with Crippen molar-refractivity contribution in [1.82, 2.24) is 15.5 Å². The van der Waals surface area contributed by atoms with Crippen LogP contribution in [-0.2, 0) is 37.1 Å². The summed E-state index contributed by atoms with van der Waals surface area (Å²) >= 11 is 0. The van der Waals surface area contributed by atoms with Crippen LogP contribution < -0.4 is 10.6 Å². The van der Waals surface area contributed by atoms with Crippen LogP contribution in [0.4, 0.5) is 4.79 Å². The van der Waals surface area contributed by atoms with Gasteiger partial charge in [0.2, 0.25) is 5.91 Å². The summed E-state index contributed by atoms with van der Waals surface area (Å²) in [5.41, 5.74) is 1.81. The maximum atomic E-state index is 13.6. The summed E-state index contributed by atoms with van der Waals surface area (Å²) in [5, 5.41) is 6.82. The number of nitrogens with one attached hydrogen (secondary N) is 2. The Kier molecular flexibility index (Phi) is 11.1. The number of benzene rings is 3. The van der Waals surface area contributed by atoms with Crippen molar-refractivity contribution in [2.45, 2.75) is 30.0 Å². The average Bonchev–Trinajstić information content (AvgIpc) is 3.01. The van der Waals surface area contributed by atoms with Crippen molar-refractivity contribution in [2.24, 2.45) is 0 Å². The molecule has 0 spiro atoms. The summed E-state index contributed by atoms with van der Waals surface area (Å²) < 4.78 is 37.0. The maximum Gasteiger partial charge on any atom is 0.318 e. The maximum absolute atomic E-state index is 13.6. The van der Waals surface area contributed by atoms with Crippen LogP contribution in [0.25, 0.3) is 0 Å². The first-order valence-corrected chi connectivity index (χ1v) is 15.0. The predicted octanol–water partition coefficient (Wildman–Crippen LogP) is 3.33. The molecule has 1 unspecified atom stereocenters. The zero-order valence-electron chi connectivity index (χ0n) is 22.7. The van der Waals surface area contributed by atoms with E-state index in [1.165, 1.54) is 18.2 Å². The molecule has 3 aromatic carbocycles. The van der Waals surface area contributed by atoms with Crippen LogP contribution >= 0.6 is 0 Å². The van der Waals surface area contributed by atoms with E-state index in [9.17, 15) is 18.0 Å². The van der Waals surface area contributed by atoms with Gasteiger partial charge in [0.1, 0.15) is 6.04 Å². The quantitative estimate of drug-likeness (QED) is 0.342. The number of ether oxygens (including phenoxy) is 2. The molecule has 2 N–H and O–H groups in total. The largest absolute Gasteiger partial charge is 0.378 e. The third-order valence-corrected chi connectivity index (χ3v) is 7.94. The number of carbonyl (C=O) groups is 2. The minimum absolute atomic E-state index is 0.0247. The summed E-state index contributed by atoms with van der Waals surface area (Å²) in [6.07, 6.45) is 1.67. The number of urea groups is 1. The molecule has 216 valence electrons. The molecule has 41 heavy (non-hydrogen) atoms. The van der Waals surface area contributed by atoms with E-state index in [4.69, 9.17) is 9.47 Å². The second-order valence-electron chi connectivity index (χ2n) is 9.59. The Morgan fingerprint density at radius 1 is 0.854 bits per heavy atom. The molecule has 0 saturated carbocycles. The molecule has 1 aliphatic heterocycles. The van der Waals surface area contributed by atoms with Crippen molar-refractivity contribution >= 4 is 21.8 Å². The van der Waals surface area contributed by atoms with Crippen LogP contribution in [0.5, 0.6) is 0 Å². The lowest BCUT2D eigenvalue weighted by Crippen LogP contribution is -2.55. The highest BCUT2D eigenvalue weighted by atomic mass is 32.2. The first kappa shape index (κ1) is 30.0. The monoisotopic (exact) mass is 577 g/mol. The Morgan fingerprint density at radius 2 is 1.44 bits per heavy atom. The van der Waals surface area contributed by atoms with Gasteiger partial charge in [0.25, 0.3) is 0 Å². The summed E-state index contributed by atoms with van der Waals surface area (Å²) in [5.74, 6) is -0.453. The van der Waals surface area contributed by atoms with E-state index < -0.39 is 27.8 Å². The van der Waals surface area contributed by atoms with Crippen LogP contribution in [0.1, 0.15) is 11.1 Å². The zero-order valence-corrected chi connectivity index (χ0v) is 23.5. The van der Waals surface area contributed by atoms with Crippen LogP contribution in [0, 0.1) is 0 Å². The average molecular weight is 578 g/mol. The van der Waals surface area contributed by atoms with Crippen molar-refractivity contribution < 1.29 is 27.5 Å². The minimum Gasteiger partial charge on any atom is -0.378 e. The number of nitrogens with zero attached hydrogens (tertiary/aromatic N) is 1. The molecule has 1 heterocycles. The van der Waals surface area contributed by atoms with Gasteiger partial charge in [-0.3, -0.25) is 4.79 Å². The van der Waals surface area contributed by atoms with E-state index in [0.717, 1.165) is 16.5 Å². The number of hydrogen-bond acceptors (Lipinski definition) is 6. The van der Waals surface area contributed by atoms with E-state index in [-0.39, 0.29) is 30.6 Å². The molecule has 0 radical (unpaired) electrons. The van der Waals surface area contributed by atoms with Crippen molar-refractivity contribution in [1.29, 1.82) is 0 Å². The molecular formula is C31H35N3O6S. The van der Waals surface area contributed by atoms with Crippen molar-refractivity contribution in [3.63, 3.8) is 0 Å². The Hall–Kier alpha value is -3.99. The molecule has 3 amide bonds. The summed E-state index contributed by atoms with van der Waals surface area (Å²) in [6, 6.07) is 24.9. The number of rotatable bonds is 12. The lowest BCUT2D eigenvalue weighted by Gasteiger charge is -2.29. The van der Waals surface area contributed by atoms with Gasteiger partial charge >= 0.3 is 6.03 Å². The van der Waals surface area contributed by atoms with Gasteiger partial charge in [-0.05, 0) is 29.3 Å². The standard InChI is InChI=1S/C31H35N3O6S/c35-30(29(22-25-10-4-1-5-11-25)33-31(36)34-17-19-39-20-18-34)32-27(24-40-23-26-12-6-2-7-13-26)16-21-41(37,38)28-14-8-3-9-15-28/h1-16,21,27,29H,17-20,22-24H2,(H,32,35)(H,33,36)/b21-16+/t27-,29?/m0/s1. The van der Waals surface area contributed by atoms with Crippen LogP contribution in [0.2, 0.25) is 0 Å². The van der Waals surface area contributed by atoms with Gasteiger partial charge in [0.15, 0.2) is 9.84 Å².